The number of rotatable bonds is 5. The Balaban J connectivity index is 1.69. The van der Waals surface area contributed by atoms with Crippen LogP contribution in [0.15, 0.2) is 79.0 Å². The fourth-order valence-corrected chi connectivity index (χ4v) is 4.93. The van der Waals surface area contributed by atoms with E-state index in [-0.39, 0.29) is 17.9 Å². The van der Waals surface area contributed by atoms with E-state index in [1.165, 1.54) is 6.07 Å². The van der Waals surface area contributed by atoms with Crippen LogP contribution in [0.4, 0.5) is 10.1 Å². The Kier molecular flexibility index (Phi) is 5.79. The van der Waals surface area contributed by atoms with Crippen molar-refractivity contribution in [1.29, 1.82) is 0 Å². The van der Waals surface area contributed by atoms with Gasteiger partial charge in [0, 0.05) is 29.0 Å². The van der Waals surface area contributed by atoms with Crippen molar-refractivity contribution in [2.75, 3.05) is 12.0 Å². The molecule has 2 aromatic carbocycles. The van der Waals surface area contributed by atoms with Crippen molar-refractivity contribution in [3.63, 3.8) is 0 Å². The summed E-state index contributed by atoms with van der Waals surface area (Å²) in [6, 6.07) is 22.8. The van der Waals surface area contributed by atoms with E-state index in [1.54, 1.807) is 26.3 Å². The first-order chi connectivity index (χ1) is 16.5. The molecule has 2 atom stereocenters. The fourth-order valence-electron chi connectivity index (χ4n) is 4.59. The minimum atomic E-state index is -0.239. The molecule has 0 spiro atoms. The zero-order valence-electron chi connectivity index (χ0n) is 19.2. The number of hydrogen-bond acceptors (Lipinski definition) is 3. The van der Waals surface area contributed by atoms with Crippen molar-refractivity contribution < 1.29 is 9.13 Å². The van der Waals surface area contributed by atoms with E-state index in [0.29, 0.717) is 10.7 Å². The number of anilines is 1. The van der Waals surface area contributed by atoms with E-state index >= 15 is 0 Å². The monoisotopic (exact) mass is 472 g/mol. The van der Waals surface area contributed by atoms with Crippen LogP contribution in [0.3, 0.4) is 0 Å². The van der Waals surface area contributed by atoms with E-state index in [9.17, 15) is 4.39 Å². The molecule has 0 amide bonds. The Morgan fingerprint density at radius 2 is 1.74 bits per heavy atom. The molecule has 0 bridgehead atoms. The van der Waals surface area contributed by atoms with Gasteiger partial charge in [0.1, 0.15) is 17.6 Å². The summed E-state index contributed by atoms with van der Waals surface area (Å²) in [6.45, 7) is 3.84. The Morgan fingerprint density at radius 3 is 2.41 bits per heavy atom. The number of nitrogens with one attached hydrogen (secondary N) is 1. The van der Waals surface area contributed by atoms with E-state index in [4.69, 9.17) is 17.0 Å². The number of methoxy groups -OCH3 is 1. The van der Waals surface area contributed by atoms with Crippen LogP contribution in [0.1, 0.15) is 34.7 Å². The van der Waals surface area contributed by atoms with Gasteiger partial charge >= 0.3 is 0 Å². The third-order valence-electron chi connectivity index (χ3n) is 6.26. The van der Waals surface area contributed by atoms with E-state index in [1.807, 2.05) is 48.5 Å². The van der Waals surface area contributed by atoms with Crippen molar-refractivity contribution in [2.45, 2.75) is 25.9 Å². The minimum absolute atomic E-state index is 0.189. The summed E-state index contributed by atoms with van der Waals surface area (Å²) >= 11 is 5.82. The Labute approximate surface area is 203 Å². The first-order valence-corrected chi connectivity index (χ1v) is 11.5. The van der Waals surface area contributed by atoms with Gasteiger partial charge in [-0.3, -0.25) is 4.98 Å². The van der Waals surface area contributed by atoms with Crippen LogP contribution in [0.5, 0.6) is 5.75 Å². The molecule has 1 N–H and O–H groups in total. The minimum Gasteiger partial charge on any atom is -0.497 e. The maximum atomic E-state index is 14.1. The maximum Gasteiger partial charge on any atom is 0.174 e. The molecule has 5 rings (SSSR count). The van der Waals surface area contributed by atoms with Gasteiger partial charge in [0.2, 0.25) is 0 Å². The Morgan fingerprint density at radius 1 is 0.971 bits per heavy atom. The van der Waals surface area contributed by atoms with E-state index in [0.717, 1.165) is 34.2 Å². The molecular weight excluding hydrogens is 447 g/mol. The second kappa shape index (κ2) is 8.91. The number of aromatic nitrogens is 2. The summed E-state index contributed by atoms with van der Waals surface area (Å²) in [5.74, 6) is 0.561. The molecule has 1 fully saturated rings. The number of pyridine rings is 1. The predicted octanol–water partition coefficient (Wildman–Crippen LogP) is 5.81. The first kappa shape index (κ1) is 22.1. The molecule has 0 saturated carbocycles. The van der Waals surface area contributed by atoms with Gasteiger partial charge in [0.15, 0.2) is 5.11 Å². The van der Waals surface area contributed by atoms with Crippen LogP contribution in [0.2, 0.25) is 0 Å². The lowest BCUT2D eigenvalue weighted by molar-refractivity contribution is 0.414. The second-order valence-corrected chi connectivity index (χ2v) is 8.75. The molecule has 4 aromatic rings. The van der Waals surface area contributed by atoms with Crippen molar-refractivity contribution in [3.05, 3.63) is 107 Å². The molecule has 2 aromatic heterocycles. The number of benzene rings is 2. The lowest BCUT2D eigenvalue weighted by atomic mass is 10.0. The SMILES string of the molecule is COc1ccc(-n2c(C)ccc2[C@@H]2[C@@H](c3ccccn3)NC(=S)N2c2ccc(F)c(C)c2)cc1. The van der Waals surface area contributed by atoms with Gasteiger partial charge in [-0.2, -0.15) is 0 Å². The normalized spacial score (nSPS) is 17.6. The summed E-state index contributed by atoms with van der Waals surface area (Å²) in [7, 11) is 1.66. The topological polar surface area (TPSA) is 42.3 Å². The van der Waals surface area contributed by atoms with Gasteiger partial charge in [0.05, 0.1) is 18.8 Å². The molecule has 1 aliphatic rings. The quantitative estimate of drug-likeness (QED) is 0.371. The van der Waals surface area contributed by atoms with Crippen LogP contribution in [-0.4, -0.2) is 21.8 Å². The summed E-state index contributed by atoms with van der Waals surface area (Å²) < 4.78 is 21.7. The van der Waals surface area contributed by atoms with Crippen LogP contribution in [0.25, 0.3) is 5.69 Å². The first-order valence-electron chi connectivity index (χ1n) is 11.1. The molecule has 0 unspecified atom stereocenters. The zero-order chi connectivity index (χ0) is 23.8. The van der Waals surface area contributed by atoms with Gasteiger partial charge in [-0.25, -0.2) is 4.39 Å². The lowest BCUT2D eigenvalue weighted by Gasteiger charge is -2.29. The summed E-state index contributed by atoms with van der Waals surface area (Å²) in [6.07, 6.45) is 1.79. The van der Waals surface area contributed by atoms with Gasteiger partial charge in [0.25, 0.3) is 0 Å². The number of aryl methyl sites for hydroxylation is 2. The molecular formula is C27H25FN4OS. The third kappa shape index (κ3) is 3.82. The highest BCUT2D eigenvalue weighted by Crippen LogP contribution is 2.43. The molecule has 3 heterocycles. The average Bonchev–Trinajstić information content (AvgIpc) is 3.40. The number of thiocarbonyl (C=S) groups is 1. The largest absolute Gasteiger partial charge is 0.497 e. The van der Waals surface area contributed by atoms with Gasteiger partial charge < -0.3 is 19.5 Å². The van der Waals surface area contributed by atoms with Crippen LogP contribution < -0.4 is 15.0 Å². The van der Waals surface area contributed by atoms with Gasteiger partial charge in [-0.05, 0) is 98.4 Å². The standard InChI is InChI=1S/C27H25FN4OS/c1-17-16-20(10-13-22(17)28)32-26(25(30-27(32)34)23-6-4-5-15-29-23)24-14-7-18(2)31(24)19-8-11-21(33-3)12-9-19/h4-16,25-26H,1-3H3,(H,30,34)/t25-,26-/m1/s1. The zero-order valence-corrected chi connectivity index (χ0v) is 20.0. The molecule has 34 heavy (non-hydrogen) atoms. The molecule has 7 heteroatoms. The predicted molar refractivity (Wildman–Crippen MR) is 136 cm³/mol. The number of ether oxygens (including phenoxy) is 1. The average molecular weight is 473 g/mol. The van der Waals surface area contributed by atoms with Crippen molar-refractivity contribution in [3.8, 4) is 11.4 Å². The number of hydrogen-bond donors (Lipinski definition) is 1. The van der Waals surface area contributed by atoms with Crippen molar-refractivity contribution in [2.24, 2.45) is 0 Å². The van der Waals surface area contributed by atoms with E-state index < -0.39 is 0 Å². The van der Waals surface area contributed by atoms with Crippen molar-refractivity contribution in [1.82, 2.24) is 14.9 Å². The molecule has 172 valence electrons. The number of nitrogens with zero attached hydrogens (tertiary/aromatic N) is 3. The highest BCUT2D eigenvalue weighted by molar-refractivity contribution is 7.80. The highest BCUT2D eigenvalue weighted by Gasteiger charge is 2.42. The van der Waals surface area contributed by atoms with Crippen LogP contribution in [-0.2, 0) is 0 Å². The Bertz CT molecular complexity index is 1340. The van der Waals surface area contributed by atoms with Crippen molar-refractivity contribution >= 4 is 23.0 Å². The van der Waals surface area contributed by atoms with Crippen LogP contribution >= 0.6 is 12.2 Å². The molecule has 5 nitrogen and oxygen atoms in total. The summed E-state index contributed by atoms with van der Waals surface area (Å²) in [5, 5.41) is 4.05. The molecule has 0 aliphatic carbocycles. The third-order valence-corrected chi connectivity index (χ3v) is 6.57. The van der Waals surface area contributed by atoms with Gasteiger partial charge in [-0.15, -0.1) is 0 Å². The maximum absolute atomic E-state index is 14.1. The molecule has 1 aliphatic heterocycles. The van der Waals surface area contributed by atoms with Crippen LogP contribution in [0, 0.1) is 19.7 Å². The second-order valence-electron chi connectivity index (χ2n) is 8.36. The Hall–Kier alpha value is -3.71. The fraction of sp³-hybridized carbons (Fsp3) is 0.185. The number of halogens is 1. The highest BCUT2D eigenvalue weighted by atomic mass is 32.1. The lowest BCUT2D eigenvalue weighted by Crippen LogP contribution is -2.30. The molecule has 1 saturated heterocycles. The van der Waals surface area contributed by atoms with Gasteiger partial charge in [-0.1, -0.05) is 6.07 Å². The summed E-state index contributed by atoms with van der Waals surface area (Å²) in [4.78, 5) is 6.69. The van der Waals surface area contributed by atoms with E-state index in [2.05, 4.69) is 38.8 Å². The smallest absolute Gasteiger partial charge is 0.174 e. The molecule has 0 radical (unpaired) electrons. The summed E-state index contributed by atoms with van der Waals surface area (Å²) in [5.41, 5.74) is 5.45.